The van der Waals surface area contributed by atoms with Crippen molar-refractivity contribution in [1.29, 1.82) is 0 Å². The third-order valence-electron chi connectivity index (χ3n) is 4.00. The van der Waals surface area contributed by atoms with E-state index in [2.05, 4.69) is 4.90 Å². The van der Waals surface area contributed by atoms with Crippen LogP contribution in [0.15, 0.2) is 18.2 Å². The van der Waals surface area contributed by atoms with Gasteiger partial charge in [0, 0.05) is 43.8 Å². The summed E-state index contributed by atoms with van der Waals surface area (Å²) in [5, 5.41) is 0.593. The van der Waals surface area contributed by atoms with Gasteiger partial charge >= 0.3 is 0 Å². The zero-order valence-electron chi connectivity index (χ0n) is 13.3. The van der Waals surface area contributed by atoms with Crippen LogP contribution in [0, 0.1) is 6.92 Å². The SMILES string of the molecule is CC(=O)N(CC(=O)N1CCN(C)CC1)c1ccc(C)c(Cl)c1. The minimum Gasteiger partial charge on any atom is -0.339 e. The Morgan fingerprint density at radius 2 is 1.86 bits per heavy atom. The Morgan fingerprint density at radius 3 is 2.41 bits per heavy atom. The molecular formula is C16H22ClN3O2. The van der Waals surface area contributed by atoms with Crippen LogP contribution in [0.4, 0.5) is 5.69 Å². The van der Waals surface area contributed by atoms with Crippen molar-refractivity contribution in [2.24, 2.45) is 0 Å². The first-order valence-corrected chi connectivity index (χ1v) is 7.77. The lowest BCUT2D eigenvalue weighted by Gasteiger charge is -2.33. The lowest BCUT2D eigenvalue weighted by atomic mass is 10.2. The third kappa shape index (κ3) is 3.99. The van der Waals surface area contributed by atoms with Gasteiger partial charge in [0.25, 0.3) is 0 Å². The number of anilines is 1. The summed E-state index contributed by atoms with van der Waals surface area (Å²) >= 11 is 6.13. The van der Waals surface area contributed by atoms with Crippen molar-refractivity contribution >= 4 is 29.1 Å². The van der Waals surface area contributed by atoms with E-state index >= 15 is 0 Å². The summed E-state index contributed by atoms with van der Waals surface area (Å²) in [6.45, 7) is 6.55. The van der Waals surface area contributed by atoms with Crippen molar-refractivity contribution in [3.63, 3.8) is 0 Å². The predicted molar refractivity (Wildman–Crippen MR) is 88.3 cm³/mol. The minimum atomic E-state index is -0.164. The molecule has 1 heterocycles. The number of benzene rings is 1. The quantitative estimate of drug-likeness (QED) is 0.851. The summed E-state index contributed by atoms with van der Waals surface area (Å²) < 4.78 is 0. The Balaban J connectivity index is 2.10. The van der Waals surface area contributed by atoms with E-state index in [0.717, 1.165) is 18.7 Å². The molecule has 1 aliphatic heterocycles. The van der Waals surface area contributed by atoms with E-state index in [0.29, 0.717) is 23.8 Å². The molecule has 1 saturated heterocycles. The van der Waals surface area contributed by atoms with Crippen molar-refractivity contribution in [2.45, 2.75) is 13.8 Å². The van der Waals surface area contributed by atoms with Crippen molar-refractivity contribution in [2.75, 3.05) is 44.7 Å². The largest absolute Gasteiger partial charge is 0.339 e. The molecule has 120 valence electrons. The first-order chi connectivity index (χ1) is 10.4. The molecule has 0 N–H and O–H groups in total. The van der Waals surface area contributed by atoms with E-state index in [1.165, 1.54) is 11.8 Å². The van der Waals surface area contributed by atoms with Crippen molar-refractivity contribution in [3.8, 4) is 0 Å². The Labute approximate surface area is 136 Å². The van der Waals surface area contributed by atoms with Crippen LogP contribution in [-0.2, 0) is 9.59 Å². The van der Waals surface area contributed by atoms with Crippen molar-refractivity contribution in [3.05, 3.63) is 28.8 Å². The van der Waals surface area contributed by atoms with Gasteiger partial charge in [-0.15, -0.1) is 0 Å². The molecule has 1 fully saturated rings. The Morgan fingerprint density at radius 1 is 1.23 bits per heavy atom. The summed E-state index contributed by atoms with van der Waals surface area (Å²) in [5.74, 6) is -0.192. The fourth-order valence-corrected chi connectivity index (χ4v) is 2.60. The predicted octanol–water partition coefficient (Wildman–Crippen LogP) is 1.78. The molecule has 0 spiro atoms. The highest BCUT2D eigenvalue weighted by Crippen LogP contribution is 2.23. The minimum absolute atomic E-state index is 0.0278. The average molecular weight is 324 g/mol. The zero-order chi connectivity index (χ0) is 16.3. The molecule has 22 heavy (non-hydrogen) atoms. The number of carbonyl (C=O) groups is 2. The highest BCUT2D eigenvalue weighted by molar-refractivity contribution is 6.31. The summed E-state index contributed by atoms with van der Waals surface area (Å²) in [7, 11) is 2.04. The highest BCUT2D eigenvalue weighted by Gasteiger charge is 2.23. The summed E-state index contributed by atoms with van der Waals surface area (Å²) in [5.41, 5.74) is 1.60. The average Bonchev–Trinajstić information content (AvgIpc) is 2.48. The Hall–Kier alpha value is -1.59. The number of hydrogen-bond acceptors (Lipinski definition) is 3. The number of halogens is 1. The zero-order valence-corrected chi connectivity index (χ0v) is 14.1. The number of aryl methyl sites for hydroxylation is 1. The number of hydrogen-bond donors (Lipinski definition) is 0. The molecule has 6 heteroatoms. The fraction of sp³-hybridized carbons (Fsp3) is 0.500. The molecule has 0 saturated carbocycles. The molecule has 5 nitrogen and oxygen atoms in total. The van der Waals surface area contributed by atoms with Gasteiger partial charge in [0.2, 0.25) is 11.8 Å². The van der Waals surface area contributed by atoms with Gasteiger partial charge in [0.05, 0.1) is 0 Å². The van der Waals surface area contributed by atoms with Crippen LogP contribution in [0.2, 0.25) is 5.02 Å². The monoisotopic (exact) mass is 323 g/mol. The molecule has 0 aromatic heterocycles. The standard InChI is InChI=1S/C16H22ClN3O2/c1-12-4-5-14(10-15(12)17)20(13(2)21)11-16(22)19-8-6-18(3)7-9-19/h4-5,10H,6-9,11H2,1-3H3. The second kappa shape index (κ2) is 7.11. The summed E-state index contributed by atoms with van der Waals surface area (Å²) in [6, 6.07) is 5.41. The van der Waals surface area contributed by atoms with Crippen LogP contribution in [0.5, 0.6) is 0 Å². The van der Waals surface area contributed by atoms with E-state index in [-0.39, 0.29) is 18.4 Å². The van der Waals surface area contributed by atoms with Gasteiger partial charge in [-0.2, -0.15) is 0 Å². The molecule has 0 bridgehead atoms. The van der Waals surface area contributed by atoms with Crippen LogP contribution in [0.1, 0.15) is 12.5 Å². The van der Waals surface area contributed by atoms with Crippen molar-refractivity contribution in [1.82, 2.24) is 9.80 Å². The van der Waals surface area contributed by atoms with Crippen LogP contribution >= 0.6 is 11.6 Å². The maximum atomic E-state index is 12.4. The molecule has 0 atom stereocenters. The van der Waals surface area contributed by atoms with Gasteiger partial charge in [-0.3, -0.25) is 9.59 Å². The number of carbonyl (C=O) groups excluding carboxylic acids is 2. The maximum absolute atomic E-state index is 12.4. The van der Waals surface area contributed by atoms with Gasteiger partial charge in [-0.1, -0.05) is 17.7 Å². The molecule has 1 aromatic rings. The van der Waals surface area contributed by atoms with Gasteiger partial charge < -0.3 is 14.7 Å². The van der Waals surface area contributed by atoms with E-state index in [9.17, 15) is 9.59 Å². The molecular weight excluding hydrogens is 302 g/mol. The van der Waals surface area contributed by atoms with E-state index < -0.39 is 0 Å². The van der Waals surface area contributed by atoms with Crippen molar-refractivity contribution < 1.29 is 9.59 Å². The molecule has 0 radical (unpaired) electrons. The summed E-state index contributed by atoms with van der Waals surface area (Å²) in [4.78, 5) is 29.8. The van der Waals surface area contributed by atoms with Crippen LogP contribution in [0.3, 0.4) is 0 Å². The number of likely N-dealkylation sites (N-methyl/N-ethyl adjacent to an activating group) is 1. The summed E-state index contributed by atoms with van der Waals surface area (Å²) in [6.07, 6.45) is 0. The first-order valence-electron chi connectivity index (χ1n) is 7.39. The topological polar surface area (TPSA) is 43.9 Å². The lowest BCUT2D eigenvalue weighted by molar-refractivity contribution is -0.132. The highest BCUT2D eigenvalue weighted by atomic mass is 35.5. The van der Waals surface area contributed by atoms with Gasteiger partial charge in [-0.25, -0.2) is 0 Å². The number of nitrogens with zero attached hydrogens (tertiary/aromatic N) is 3. The van der Waals surface area contributed by atoms with Crippen LogP contribution < -0.4 is 4.90 Å². The third-order valence-corrected chi connectivity index (χ3v) is 4.40. The number of amides is 2. The molecule has 1 aromatic carbocycles. The molecule has 2 amide bonds. The van der Waals surface area contributed by atoms with Crippen LogP contribution in [-0.4, -0.2) is 61.4 Å². The molecule has 0 aliphatic carbocycles. The molecule has 1 aliphatic rings. The van der Waals surface area contributed by atoms with E-state index in [4.69, 9.17) is 11.6 Å². The van der Waals surface area contributed by atoms with Crippen LogP contribution in [0.25, 0.3) is 0 Å². The number of piperazine rings is 1. The molecule has 2 rings (SSSR count). The Kier molecular flexibility index (Phi) is 5.42. The number of rotatable bonds is 3. The second-order valence-electron chi connectivity index (χ2n) is 5.72. The first kappa shape index (κ1) is 16.8. The lowest BCUT2D eigenvalue weighted by Crippen LogP contribution is -2.50. The van der Waals surface area contributed by atoms with E-state index in [1.807, 2.05) is 31.0 Å². The second-order valence-corrected chi connectivity index (χ2v) is 6.13. The van der Waals surface area contributed by atoms with E-state index in [1.54, 1.807) is 6.07 Å². The maximum Gasteiger partial charge on any atom is 0.242 e. The fourth-order valence-electron chi connectivity index (χ4n) is 2.43. The molecule has 0 unspecified atom stereocenters. The van der Waals surface area contributed by atoms with Gasteiger partial charge in [0.1, 0.15) is 6.54 Å². The van der Waals surface area contributed by atoms with Gasteiger partial charge in [0.15, 0.2) is 0 Å². The Bertz CT molecular complexity index is 569. The normalized spacial score (nSPS) is 15.7. The smallest absolute Gasteiger partial charge is 0.242 e. The van der Waals surface area contributed by atoms with Gasteiger partial charge in [-0.05, 0) is 31.7 Å².